The highest BCUT2D eigenvalue weighted by molar-refractivity contribution is 6.06. The lowest BCUT2D eigenvalue weighted by atomic mass is 10.2. The monoisotopic (exact) mass is 267 g/mol. The molecule has 2 rings (SSSR count). The number of carbonyl (C=O) groups is 2. The smallest absolute Gasteiger partial charge is 0.251 e. The summed E-state index contributed by atoms with van der Waals surface area (Å²) < 4.78 is 18.2. The van der Waals surface area contributed by atoms with Crippen LogP contribution in [0.15, 0.2) is 12.1 Å². The zero-order chi connectivity index (χ0) is 14.2. The van der Waals surface area contributed by atoms with Gasteiger partial charge in [0.25, 0.3) is 5.91 Å². The van der Waals surface area contributed by atoms with E-state index in [1.165, 1.54) is 20.2 Å². The molecule has 19 heavy (non-hydrogen) atoms. The summed E-state index contributed by atoms with van der Waals surface area (Å²) in [6, 6.07) is 1.78. The molecule has 7 heteroatoms. The third-order valence-electron chi connectivity index (χ3n) is 3.04. The van der Waals surface area contributed by atoms with Crippen LogP contribution in [0.3, 0.4) is 0 Å². The molecule has 0 aliphatic carbocycles. The Balaban J connectivity index is 2.25. The fraction of sp³-hybridized carbons (Fsp3) is 0.333. The second kappa shape index (κ2) is 4.75. The van der Waals surface area contributed by atoms with Crippen molar-refractivity contribution >= 4 is 23.2 Å². The second-order valence-corrected chi connectivity index (χ2v) is 4.27. The summed E-state index contributed by atoms with van der Waals surface area (Å²) in [5, 5.41) is 2.84. The molecule has 1 fully saturated rings. The predicted octanol–water partition coefficient (Wildman–Crippen LogP) is 0.586. The first kappa shape index (κ1) is 13.1. The van der Waals surface area contributed by atoms with Crippen molar-refractivity contribution in [2.75, 3.05) is 25.2 Å². The Morgan fingerprint density at radius 1 is 1.47 bits per heavy atom. The summed E-state index contributed by atoms with van der Waals surface area (Å²) >= 11 is 0. The number of methoxy groups -OCH3 is 1. The van der Waals surface area contributed by atoms with E-state index >= 15 is 0 Å². The molecule has 1 saturated heterocycles. The summed E-state index contributed by atoms with van der Waals surface area (Å²) in [5.41, 5.74) is 6.18. The number of amides is 2. The van der Waals surface area contributed by atoms with E-state index in [4.69, 9.17) is 10.5 Å². The maximum absolute atomic E-state index is 13.4. The lowest BCUT2D eigenvalue weighted by molar-refractivity contribution is -0.136. The molecular formula is C12H14FN3O3. The highest BCUT2D eigenvalue weighted by Crippen LogP contribution is 2.29. The standard InChI is InChI=1S/C12H14FN3O3/c1-16-11(17)5-9(12(16)18)15-8-4-10(19-2)6(13)3-7(8)14/h3-4,9,15H,5,14H2,1-2H3. The Bertz CT molecular complexity index is 547. The van der Waals surface area contributed by atoms with Crippen molar-refractivity contribution in [3.63, 3.8) is 0 Å². The molecule has 3 N–H and O–H groups in total. The summed E-state index contributed by atoms with van der Waals surface area (Å²) in [5.74, 6) is -1.18. The Labute approximate surface area is 109 Å². The van der Waals surface area contributed by atoms with Crippen LogP contribution in [-0.2, 0) is 9.59 Å². The number of nitrogens with zero attached hydrogens (tertiary/aromatic N) is 1. The van der Waals surface area contributed by atoms with E-state index in [1.54, 1.807) is 0 Å². The topological polar surface area (TPSA) is 84.7 Å². The third kappa shape index (κ3) is 2.31. The molecule has 1 aromatic rings. The number of rotatable bonds is 3. The molecule has 0 radical (unpaired) electrons. The zero-order valence-electron chi connectivity index (χ0n) is 10.6. The van der Waals surface area contributed by atoms with Gasteiger partial charge in [-0.15, -0.1) is 0 Å². The molecule has 1 aromatic carbocycles. The molecule has 1 aliphatic rings. The van der Waals surface area contributed by atoms with E-state index in [0.29, 0.717) is 5.69 Å². The number of hydrogen-bond acceptors (Lipinski definition) is 5. The highest BCUT2D eigenvalue weighted by Gasteiger charge is 2.36. The van der Waals surface area contributed by atoms with Gasteiger partial charge in [0.2, 0.25) is 5.91 Å². The summed E-state index contributed by atoms with van der Waals surface area (Å²) in [7, 11) is 2.75. The highest BCUT2D eigenvalue weighted by atomic mass is 19.1. The Hall–Kier alpha value is -2.31. The number of likely N-dealkylation sites (tertiary alicyclic amines) is 1. The van der Waals surface area contributed by atoms with E-state index in [9.17, 15) is 14.0 Å². The molecule has 0 saturated carbocycles. The number of ether oxygens (including phenoxy) is 1. The van der Waals surface area contributed by atoms with Crippen LogP contribution in [0.2, 0.25) is 0 Å². The number of carbonyl (C=O) groups excluding carboxylic acids is 2. The molecule has 1 atom stereocenters. The fourth-order valence-corrected chi connectivity index (χ4v) is 1.91. The number of likely N-dealkylation sites (N-methyl/N-ethyl adjacent to an activating group) is 1. The van der Waals surface area contributed by atoms with E-state index in [-0.39, 0.29) is 29.7 Å². The van der Waals surface area contributed by atoms with Gasteiger partial charge in [0, 0.05) is 19.2 Å². The van der Waals surface area contributed by atoms with Gasteiger partial charge in [-0.1, -0.05) is 0 Å². The normalized spacial score (nSPS) is 18.9. The number of imide groups is 1. The molecule has 0 spiro atoms. The van der Waals surface area contributed by atoms with E-state index in [0.717, 1.165) is 11.0 Å². The van der Waals surface area contributed by atoms with Crippen molar-refractivity contribution in [2.45, 2.75) is 12.5 Å². The molecule has 1 heterocycles. The van der Waals surface area contributed by atoms with Crippen LogP contribution in [-0.4, -0.2) is 36.9 Å². The van der Waals surface area contributed by atoms with Crippen LogP contribution in [0.5, 0.6) is 5.75 Å². The average Bonchev–Trinajstić information content (AvgIpc) is 2.60. The van der Waals surface area contributed by atoms with Crippen LogP contribution < -0.4 is 15.8 Å². The number of halogens is 1. The minimum atomic E-state index is -0.685. The minimum absolute atomic E-state index is 0.0156. The molecule has 0 aromatic heterocycles. The van der Waals surface area contributed by atoms with Gasteiger partial charge in [-0.2, -0.15) is 0 Å². The van der Waals surface area contributed by atoms with Gasteiger partial charge in [0.15, 0.2) is 11.6 Å². The van der Waals surface area contributed by atoms with Gasteiger partial charge >= 0.3 is 0 Å². The van der Waals surface area contributed by atoms with Crippen LogP contribution in [0.1, 0.15) is 6.42 Å². The zero-order valence-corrected chi connectivity index (χ0v) is 10.6. The molecule has 2 amide bonds. The second-order valence-electron chi connectivity index (χ2n) is 4.27. The molecule has 1 unspecified atom stereocenters. The number of hydrogen-bond donors (Lipinski definition) is 2. The van der Waals surface area contributed by atoms with Gasteiger partial charge < -0.3 is 15.8 Å². The maximum Gasteiger partial charge on any atom is 0.251 e. The largest absolute Gasteiger partial charge is 0.494 e. The van der Waals surface area contributed by atoms with Crippen LogP contribution in [0, 0.1) is 5.82 Å². The first-order valence-corrected chi connectivity index (χ1v) is 5.64. The van der Waals surface area contributed by atoms with Crippen molar-refractivity contribution < 1.29 is 18.7 Å². The van der Waals surface area contributed by atoms with Crippen molar-refractivity contribution in [1.29, 1.82) is 0 Å². The lowest BCUT2D eigenvalue weighted by Gasteiger charge is -2.15. The quantitative estimate of drug-likeness (QED) is 0.618. The van der Waals surface area contributed by atoms with Crippen LogP contribution in [0.4, 0.5) is 15.8 Å². The number of anilines is 2. The molecule has 1 aliphatic heterocycles. The Kier molecular flexibility index (Phi) is 3.28. The first-order valence-electron chi connectivity index (χ1n) is 5.64. The van der Waals surface area contributed by atoms with Crippen LogP contribution >= 0.6 is 0 Å². The first-order chi connectivity index (χ1) is 8.93. The van der Waals surface area contributed by atoms with Crippen molar-refractivity contribution in [1.82, 2.24) is 4.90 Å². The van der Waals surface area contributed by atoms with E-state index < -0.39 is 11.9 Å². The predicted molar refractivity (Wildman–Crippen MR) is 67.2 cm³/mol. The van der Waals surface area contributed by atoms with Crippen molar-refractivity contribution in [2.24, 2.45) is 0 Å². The number of nitrogens with one attached hydrogen (secondary N) is 1. The maximum atomic E-state index is 13.4. The van der Waals surface area contributed by atoms with E-state index in [2.05, 4.69) is 5.32 Å². The van der Waals surface area contributed by atoms with Gasteiger partial charge in [0.05, 0.1) is 24.9 Å². The average molecular weight is 267 g/mol. The lowest BCUT2D eigenvalue weighted by Crippen LogP contribution is -2.32. The van der Waals surface area contributed by atoms with Gasteiger partial charge in [0.1, 0.15) is 6.04 Å². The number of nitrogens with two attached hydrogens (primary N) is 1. The molecule has 0 bridgehead atoms. The summed E-state index contributed by atoms with van der Waals surface area (Å²) in [6.45, 7) is 0. The number of benzene rings is 1. The fourth-order valence-electron chi connectivity index (χ4n) is 1.91. The Morgan fingerprint density at radius 2 is 2.16 bits per heavy atom. The molecule has 6 nitrogen and oxygen atoms in total. The van der Waals surface area contributed by atoms with Crippen LogP contribution in [0.25, 0.3) is 0 Å². The summed E-state index contributed by atoms with van der Waals surface area (Å²) in [6.07, 6.45) is 0.0501. The van der Waals surface area contributed by atoms with E-state index in [1.807, 2.05) is 0 Å². The van der Waals surface area contributed by atoms with Gasteiger partial charge in [-0.25, -0.2) is 4.39 Å². The summed E-state index contributed by atoms with van der Waals surface area (Å²) in [4.78, 5) is 24.2. The van der Waals surface area contributed by atoms with Gasteiger partial charge in [-0.05, 0) is 0 Å². The van der Waals surface area contributed by atoms with Crippen molar-refractivity contribution in [3.8, 4) is 5.75 Å². The number of nitrogen functional groups attached to an aromatic ring is 1. The SMILES string of the molecule is COc1cc(NC2CC(=O)N(C)C2=O)c(N)cc1F. The minimum Gasteiger partial charge on any atom is -0.494 e. The Morgan fingerprint density at radius 3 is 2.68 bits per heavy atom. The molecule has 102 valence electrons. The molecular weight excluding hydrogens is 253 g/mol. The third-order valence-corrected chi connectivity index (χ3v) is 3.04. The van der Waals surface area contributed by atoms with Gasteiger partial charge in [-0.3, -0.25) is 14.5 Å². The van der Waals surface area contributed by atoms with Crippen molar-refractivity contribution in [3.05, 3.63) is 17.9 Å².